The molecule has 94 valence electrons. The summed E-state index contributed by atoms with van der Waals surface area (Å²) in [5.41, 5.74) is 0.985. The third-order valence-electron chi connectivity index (χ3n) is 2.81. The average Bonchev–Trinajstić information content (AvgIpc) is 2.25. The Morgan fingerprint density at radius 1 is 1.24 bits per heavy atom. The number of ketones is 1. The minimum atomic E-state index is -0.337. The molecular formula is C15H22O2. The van der Waals surface area contributed by atoms with Gasteiger partial charge in [0.1, 0.15) is 0 Å². The van der Waals surface area contributed by atoms with Gasteiger partial charge in [0.25, 0.3) is 0 Å². The molecule has 0 amide bonds. The maximum absolute atomic E-state index is 11.6. The number of allylic oxidation sites excluding steroid dienone is 5. The molecule has 1 N–H and O–H groups in total. The summed E-state index contributed by atoms with van der Waals surface area (Å²) in [5, 5.41) is 9.77. The summed E-state index contributed by atoms with van der Waals surface area (Å²) in [6, 6.07) is 0. The van der Waals surface area contributed by atoms with E-state index in [0.29, 0.717) is 12.8 Å². The number of hydrogen-bond donors (Lipinski definition) is 1. The summed E-state index contributed by atoms with van der Waals surface area (Å²) < 4.78 is 0. The van der Waals surface area contributed by atoms with Crippen LogP contribution in [0.5, 0.6) is 0 Å². The van der Waals surface area contributed by atoms with Crippen LogP contribution in [0.4, 0.5) is 0 Å². The molecular weight excluding hydrogens is 212 g/mol. The van der Waals surface area contributed by atoms with Gasteiger partial charge in [-0.15, -0.1) is 0 Å². The van der Waals surface area contributed by atoms with Crippen LogP contribution >= 0.6 is 0 Å². The molecule has 0 aromatic rings. The van der Waals surface area contributed by atoms with Crippen LogP contribution in [0.3, 0.4) is 0 Å². The van der Waals surface area contributed by atoms with Crippen molar-refractivity contribution in [3.63, 3.8) is 0 Å². The van der Waals surface area contributed by atoms with Gasteiger partial charge in [-0.05, 0) is 45.1 Å². The van der Waals surface area contributed by atoms with Crippen LogP contribution in [0.15, 0.2) is 36.0 Å². The molecule has 0 aromatic heterocycles. The number of rotatable bonds is 0. The lowest BCUT2D eigenvalue weighted by Gasteiger charge is -2.09. The molecule has 1 aliphatic rings. The van der Waals surface area contributed by atoms with Gasteiger partial charge in [-0.25, -0.2) is 0 Å². The Bertz CT molecular complexity index is 324. The first-order chi connectivity index (χ1) is 8.18. The molecule has 0 saturated carbocycles. The number of carbonyl (C=O) groups excluding carboxylic acids is 1. The average molecular weight is 234 g/mol. The van der Waals surface area contributed by atoms with E-state index < -0.39 is 0 Å². The first kappa shape index (κ1) is 13.9. The number of hydrogen-bond acceptors (Lipinski definition) is 2. The summed E-state index contributed by atoms with van der Waals surface area (Å²) in [5.74, 6) is 0.177. The summed E-state index contributed by atoms with van der Waals surface area (Å²) in [6.07, 6.45) is 14.2. The minimum Gasteiger partial charge on any atom is -0.393 e. The molecule has 0 aliphatic heterocycles. The summed E-state index contributed by atoms with van der Waals surface area (Å²) in [6.45, 7) is 1.92. The zero-order valence-electron chi connectivity index (χ0n) is 10.6. The molecule has 1 unspecified atom stereocenters. The molecule has 2 nitrogen and oxygen atoms in total. The van der Waals surface area contributed by atoms with E-state index in [2.05, 4.69) is 12.2 Å². The maximum Gasteiger partial charge on any atom is 0.155 e. The van der Waals surface area contributed by atoms with E-state index in [0.717, 1.165) is 31.3 Å². The van der Waals surface area contributed by atoms with E-state index in [4.69, 9.17) is 0 Å². The van der Waals surface area contributed by atoms with Crippen molar-refractivity contribution >= 4 is 5.78 Å². The van der Waals surface area contributed by atoms with Crippen LogP contribution in [-0.4, -0.2) is 17.0 Å². The van der Waals surface area contributed by atoms with E-state index in [-0.39, 0.29) is 11.9 Å². The monoisotopic (exact) mass is 234 g/mol. The molecule has 17 heavy (non-hydrogen) atoms. The largest absolute Gasteiger partial charge is 0.393 e. The van der Waals surface area contributed by atoms with Crippen molar-refractivity contribution < 1.29 is 9.90 Å². The van der Waals surface area contributed by atoms with E-state index in [1.54, 1.807) is 6.08 Å². The lowest BCUT2D eigenvalue weighted by Crippen LogP contribution is -2.07. The van der Waals surface area contributed by atoms with Crippen LogP contribution in [-0.2, 0) is 4.79 Å². The second-order valence-corrected chi connectivity index (χ2v) is 4.64. The van der Waals surface area contributed by atoms with Gasteiger partial charge in [-0.1, -0.05) is 29.9 Å². The highest BCUT2D eigenvalue weighted by Crippen LogP contribution is 2.11. The van der Waals surface area contributed by atoms with Crippen molar-refractivity contribution in [3.05, 3.63) is 36.0 Å². The fraction of sp³-hybridized carbons (Fsp3) is 0.533. The summed E-state index contributed by atoms with van der Waals surface area (Å²) >= 11 is 0. The second kappa shape index (κ2) is 8.02. The molecule has 1 rings (SSSR count). The topological polar surface area (TPSA) is 37.3 Å². The van der Waals surface area contributed by atoms with Crippen LogP contribution < -0.4 is 0 Å². The first-order valence-electron chi connectivity index (χ1n) is 6.38. The van der Waals surface area contributed by atoms with Crippen LogP contribution in [0, 0.1) is 0 Å². The van der Waals surface area contributed by atoms with Gasteiger partial charge in [0, 0.05) is 6.42 Å². The summed E-state index contributed by atoms with van der Waals surface area (Å²) in [4.78, 5) is 11.6. The van der Waals surface area contributed by atoms with Crippen molar-refractivity contribution in [1.29, 1.82) is 0 Å². The minimum absolute atomic E-state index is 0.177. The Morgan fingerprint density at radius 3 is 2.71 bits per heavy atom. The maximum atomic E-state index is 11.6. The van der Waals surface area contributed by atoms with Gasteiger partial charge < -0.3 is 5.11 Å². The highest BCUT2D eigenvalue weighted by Gasteiger charge is 2.05. The van der Waals surface area contributed by atoms with Crippen molar-refractivity contribution in [1.82, 2.24) is 0 Å². The molecule has 0 heterocycles. The van der Waals surface area contributed by atoms with E-state index in [1.165, 1.54) is 0 Å². The van der Waals surface area contributed by atoms with Crippen molar-refractivity contribution in [2.45, 2.75) is 51.6 Å². The van der Waals surface area contributed by atoms with Crippen molar-refractivity contribution in [3.8, 4) is 0 Å². The predicted molar refractivity (Wildman–Crippen MR) is 70.8 cm³/mol. The Kier molecular flexibility index (Phi) is 6.56. The smallest absolute Gasteiger partial charge is 0.155 e. The number of aliphatic hydroxyl groups excluding tert-OH is 1. The Balaban J connectivity index is 2.60. The quantitative estimate of drug-likeness (QED) is 0.698. The standard InChI is InChI=1S/C15H22O2/c1-13-11-14(16)9-7-5-3-2-4-6-8-10-15(17)12-13/h2-5,12,14,16H,6-11H2,1H3. The second-order valence-electron chi connectivity index (χ2n) is 4.64. The van der Waals surface area contributed by atoms with Gasteiger partial charge in [0.05, 0.1) is 6.10 Å². The highest BCUT2D eigenvalue weighted by atomic mass is 16.3. The molecule has 0 radical (unpaired) electrons. The van der Waals surface area contributed by atoms with Crippen LogP contribution in [0.1, 0.15) is 45.4 Å². The Morgan fingerprint density at radius 2 is 1.94 bits per heavy atom. The van der Waals surface area contributed by atoms with E-state index in [9.17, 15) is 9.90 Å². The molecule has 1 atom stereocenters. The summed E-state index contributed by atoms with van der Waals surface area (Å²) in [7, 11) is 0. The molecule has 0 bridgehead atoms. The SMILES string of the molecule is CC1=CC(=O)CCCC=CC=CCCC(O)C1. The number of carbonyl (C=O) groups is 1. The molecule has 0 aromatic carbocycles. The fourth-order valence-corrected chi connectivity index (χ4v) is 1.91. The van der Waals surface area contributed by atoms with Gasteiger partial charge in [-0.3, -0.25) is 4.79 Å². The van der Waals surface area contributed by atoms with Gasteiger partial charge >= 0.3 is 0 Å². The lowest BCUT2D eigenvalue weighted by molar-refractivity contribution is -0.114. The van der Waals surface area contributed by atoms with Crippen LogP contribution in [0.2, 0.25) is 0 Å². The van der Waals surface area contributed by atoms with Crippen molar-refractivity contribution in [2.24, 2.45) is 0 Å². The fourth-order valence-electron chi connectivity index (χ4n) is 1.91. The Labute approximate surface area is 104 Å². The van der Waals surface area contributed by atoms with E-state index in [1.807, 2.05) is 19.1 Å². The zero-order valence-corrected chi connectivity index (χ0v) is 10.6. The molecule has 0 fully saturated rings. The predicted octanol–water partition coefficient (Wildman–Crippen LogP) is 3.33. The van der Waals surface area contributed by atoms with Gasteiger partial charge in [0.15, 0.2) is 5.78 Å². The molecule has 0 saturated heterocycles. The molecule has 0 spiro atoms. The molecule has 1 aliphatic carbocycles. The third-order valence-corrected chi connectivity index (χ3v) is 2.81. The zero-order chi connectivity index (χ0) is 12.5. The Hall–Kier alpha value is -1.15. The van der Waals surface area contributed by atoms with E-state index >= 15 is 0 Å². The van der Waals surface area contributed by atoms with Gasteiger partial charge in [0.2, 0.25) is 0 Å². The third kappa shape index (κ3) is 6.90. The lowest BCUT2D eigenvalue weighted by atomic mass is 10.0. The molecule has 2 heteroatoms. The van der Waals surface area contributed by atoms with Gasteiger partial charge in [-0.2, -0.15) is 0 Å². The normalized spacial score (nSPS) is 24.2. The first-order valence-corrected chi connectivity index (χ1v) is 6.38. The van der Waals surface area contributed by atoms with Crippen LogP contribution in [0.25, 0.3) is 0 Å². The van der Waals surface area contributed by atoms with Crippen molar-refractivity contribution in [2.75, 3.05) is 0 Å². The number of aliphatic hydroxyl groups is 1. The highest BCUT2D eigenvalue weighted by molar-refractivity contribution is 5.90.